The molecule has 0 aliphatic rings. The number of esters is 1. The number of carbonyl (C=O) groups excluding carboxylic acids is 2. The Labute approximate surface area is 161 Å². The highest BCUT2D eigenvalue weighted by Crippen LogP contribution is 2.29. The van der Waals surface area contributed by atoms with Crippen molar-refractivity contribution in [1.82, 2.24) is 10.0 Å². The molecule has 0 aromatic heterocycles. The summed E-state index contributed by atoms with van der Waals surface area (Å²) in [4.78, 5) is 23.3. The highest BCUT2D eigenvalue weighted by molar-refractivity contribution is 7.89. The third kappa shape index (κ3) is 6.04. The van der Waals surface area contributed by atoms with E-state index < -0.39 is 16.0 Å². The summed E-state index contributed by atoms with van der Waals surface area (Å²) in [6.07, 6.45) is 0.639. The number of carbonyl (C=O) groups is 2. The van der Waals surface area contributed by atoms with Crippen molar-refractivity contribution in [1.29, 1.82) is 0 Å². The SMILES string of the molecule is CCCNC(=O)COC(=O)CCNS(=O)(=O)c1c(C)c(C)c(C)c(C)c1C. The molecule has 0 bridgehead atoms. The Kier molecular flexibility index (Phi) is 8.43. The fourth-order valence-electron chi connectivity index (χ4n) is 2.76. The number of hydrogen-bond donors (Lipinski definition) is 2. The number of benzene rings is 1. The minimum atomic E-state index is -3.76. The van der Waals surface area contributed by atoms with Gasteiger partial charge < -0.3 is 10.1 Å². The summed E-state index contributed by atoms with van der Waals surface area (Å²) in [5.41, 5.74) is 4.37. The number of rotatable bonds is 9. The highest BCUT2D eigenvalue weighted by Gasteiger charge is 2.23. The van der Waals surface area contributed by atoms with Gasteiger partial charge in [-0.3, -0.25) is 9.59 Å². The Bertz CT molecular complexity index is 787. The van der Waals surface area contributed by atoms with E-state index in [4.69, 9.17) is 4.74 Å². The lowest BCUT2D eigenvalue weighted by molar-refractivity contribution is -0.148. The van der Waals surface area contributed by atoms with Gasteiger partial charge in [-0.15, -0.1) is 0 Å². The second kappa shape index (κ2) is 9.85. The first-order valence-corrected chi connectivity index (χ1v) is 10.5. The maximum absolute atomic E-state index is 12.7. The van der Waals surface area contributed by atoms with Crippen molar-refractivity contribution in [3.63, 3.8) is 0 Å². The lowest BCUT2D eigenvalue weighted by atomic mass is 9.95. The minimum Gasteiger partial charge on any atom is -0.456 e. The monoisotopic (exact) mass is 398 g/mol. The van der Waals surface area contributed by atoms with E-state index in [2.05, 4.69) is 10.0 Å². The molecule has 1 aromatic carbocycles. The van der Waals surface area contributed by atoms with Gasteiger partial charge in [0.25, 0.3) is 5.91 Å². The van der Waals surface area contributed by atoms with E-state index in [1.807, 2.05) is 27.7 Å². The molecule has 0 aliphatic heterocycles. The van der Waals surface area contributed by atoms with Crippen molar-refractivity contribution in [2.24, 2.45) is 0 Å². The maximum Gasteiger partial charge on any atom is 0.307 e. The topological polar surface area (TPSA) is 102 Å². The zero-order valence-corrected chi connectivity index (χ0v) is 17.8. The normalized spacial score (nSPS) is 11.3. The average Bonchev–Trinajstić information content (AvgIpc) is 2.61. The van der Waals surface area contributed by atoms with Gasteiger partial charge >= 0.3 is 5.97 Å². The fraction of sp³-hybridized carbons (Fsp3) is 0.579. The predicted octanol–water partition coefficient (Wildman–Crippen LogP) is 1.97. The first-order valence-electron chi connectivity index (χ1n) is 9.01. The van der Waals surface area contributed by atoms with E-state index in [1.165, 1.54) is 0 Å². The molecule has 152 valence electrons. The standard InChI is InChI=1S/C19H30N2O5S/c1-7-9-20-17(22)11-26-18(23)8-10-21-27(24,25)19-15(5)13(3)12(2)14(4)16(19)6/h21H,7-11H2,1-6H3,(H,20,22). The Morgan fingerprint density at radius 1 is 0.889 bits per heavy atom. The van der Waals surface area contributed by atoms with Gasteiger partial charge in [-0.05, 0) is 68.9 Å². The third-order valence-electron chi connectivity index (χ3n) is 4.76. The van der Waals surface area contributed by atoms with Gasteiger partial charge in [-0.2, -0.15) is 0 Å². The third-order valence-corrected chi connectivity index (χ3v) is 6.49. The summed E-state index contributed by atoms with van der Waals surface area (Å²) in [6.45, 7) is 11.3. The van der Waals surface area contributed by atoms with Crippen molar-refractivity contribution < 1.29 is 22.7 Å². The van der Waals surface area contributed by atoms with E-state index >= 15 is 0 Å². The molecule has 0 saturated carbocycles. The van der Waals surface area contributed by atoms with Crippen molar-refractivity contribution in [3.05, 3.63) is 27.8 Å². The van der Waals surface area contributed by atoms with Gasteiger partial charge in [0, 0.05) is 13.1 Å². The molecular weight excluding hydrogens is 368 g/mol. The van der Waals surface area contributed by atoms with Crippen LogP contribution in [0.1, 0.15) is 47.6 Å². The molecule has 7 nitrogen and oxygen atoms in total. The summed E-state index contributed by atoms with van der Waals surface area (Å²) >= 11 is 0. The van der Waals surface area contributed by atoms with Gasteiger partial charge in [0.15, 0.2) is 6.61 Å². The first kappa shape index (κ1) is 23.1. The van der Waals surface area contributed by atoms with Gasteiger partial charge in [0.2, 0.25) is 10.0 Å². The minimum absolute atomic E-state index is 0.0946. The van der Waals surface area contributed by atoms with Crippen LogP contribution in [0, 0.1) is 34.6 Å². The van der Waals surface area contributed by atoms with Crippen LogP contribution in [0.2, 0.25) is 0 Å². The zero-order chi connectivity index (χ0) is 20.8. The van der Waals surface area contributed by atoms with Crippen LogP contribution in [0.3, 0.4) is 0 Å². The Morgan fingerprint density at radius 3 is 1.93 bits per heavy atom. The van der Waals surface area contributed by atoms with Crippen molar-refractivity contribution in [2.75, 3.05) is 19.7 Å². The van der Waals surface area contributed by atoms with E-state index in [0.29, 0.717) is 17.7 Å². The van der Waals surface area contributed by atoms with E-state index in [9.17, 15) is 18.0 Å². The predicted molar refractivity (Wildman–Crippen MR) is 104 cm³/mol. The van der Waals surface area contributed by atoms with E-state index in [-0.39, 0.29) is 30.4 Å². The lowest BCUT2D eigenvalue weighted by Gasteiger charge is -2.19. The second-order valence-corrected chi connectivity index (χ2v) is 8.32. The van der Waals surface area contributed by atoms with Crippen molar-refractivity contribution in [3.8, 4) is 0 Å². The summed E-state index contributed by atoms with van der Waals surface area (Å²) < 4.78 is 32.7. The Hall–Kier alpha value is -1.93. The number of hydrogen-bond acceptors (Lipinski definition) is 5. The zero-order valence-electron chi connectivity index (χ0n) is 17.0. The molecule has 1 aromatic rings. The van der Waals surface area contributed by atoms with Crippen molar-refractivity contribution in [2.45, 2.75) is 59.3 Å². The molecule has 0 heterocycles. The second-order valence-electron chi connectivity index (χ2n) is 6.61. The van der Waals surface area contributed by atoms with Crippen LogP contribution in [0.15, 0.2) is 4.90 Å². The molecule has 0 radical (unpaired) electrons. The molecule has 1 amide bonds. The van der Waals surface area contributed by atoms with Gasteiger partial charge in [-0.1, -0.05) is 6.92 Å². The van der Waals surface area contributed by atoms with Crippen LogP contribution in [-0.4, -0.2) is 40.0 Å². The fourth-order valence-corrected chi connectivity index (χ4v) is 4.39. The number of ether oxygens (including phenoxy) is 1. The van der Waals surface area contributed by atoms with Gasteiger partial charge in [0.05, 0.1) is 11.3 Å². The van der Waals surface area contributed by atoms with Gasteiger partial charge in [0.1, 0.15) is 0 Å². The molecule has 0 aliphatic carbocycles. The highest BCUT2D eigenvalue weighted by atomic mass is 32.2. The molecule has 0 spiro atoms. The molecule has 0 saturated heterocycles. The smallest absolute Gasteiger partial charge is 0.307 e. The number of amides is 1. The average molecular weight is 399 g/mol. The number of sulfonamides is 1. The molecule has 0 atom stereocenters. The largest absolute Gasteiger partial charge is 0.456 e. The molecule has 1 rings (SSSR count). The van der Waals surface area contributed by atoms with Crippen LogP contribution in [-0.2, 0) is 24.3 Å². The molecule has 0 unspecified atom stereocenters. The first-order chi connectivity index (χ1) is 12.5. The summed E-state index contributed by atoms with van der Waals surface area (Å²) in [5.74, 6) is -1.00. The van der Waals surface area contributed by atoms with Crippen LogP contribution in [0.4, 0.5) is 0 Å². The Morgan fingerprint density at radius 2 is 1.41 bits per heavy atom. The molecule has 2 N–H and O–H groups in total. The van der Waals surface area contributed by atoms with Crippen LogP contribution < -0.4 is 10.0 Å². The molecular formula is C19H30N2O5S. The quantitative estimate of drug-likeness (QED) is 0.619. The molecule has 0 fully saturated rings. The van der Waals surface area contributed by atoms with Crippen LogP contribution in [0.25, 0.3) is 0 Å². The lowest BCUT2D eigenvalue weighted by Crippen LogP contribution is -2.31. The van der Waals surface area contributed by atoms with Crippen LogP contribution in [0.5, 0.6) is 0 Å². The summed E-state index contributed by atoms with van der Waals surface area (Å²) in [6, 6.07) is 0. The summed E-state index contributed by atoms with van der Waals surface area (Å²) in [7, 11) is -3.76. The van der Waals surface area contributed by atoms with E-state index in [1.54, 1.807) is 13.8 Å². The maximum atomic E-state index is 12.7. The molecule has 8 heteroatoms. The number of nitrogens with one attached hydrogen (secondary N) is 2. The molecule has 27 heavy (non-hydrogen) atoms. The van der Waals surface area contributed by atoms with Crippen molar-refractivity contribution >= 4 is 21.9 Å². The summed E-state index contributed by atoms with van der Waals surface area (Å²) in [5, 5.41) is 2.59. The van der Waals surface area contributed by atoms with Crippen LogP contribution >= 0.6 is 0 Å². The van der Waals surface area contributed by atoms with E-state index in [0.717, 1.165) is 23.1 Å². The Balaban J connectivity index is 2.70. The van der Waals surface area contributed by atoms with Gasteiger partial charge in [-0.25, -0.2) is 13.1 Å².